The van der Waals surface area contributed by atoms with Gasteiger partial charge in [-0.05, 0) is 73.2 Å². The van der Waals surface area contributed by atoms with E-state index in [9.17, 15) is 10.1 Å². The third kappa shape index (κ3) is 4.18. The molecule has 0 aliphatic rings. The van der Waals surface area contributed by atoms with E-state index in [4.69, 9.17) is 4.74 Å². The molecule has 3 aromatic rings. The molecule has 0 bridgehead atoms. The Labute approximate surface area is 178 Å². The smallest absolute Gasteiger partial charge is 0.159 e. The summed E-state index contributed by atoms with van der Waals surface area (Å²) < 4.78 is 5.53. The molecule has 3 nitrogen and oxygen atoms in total. The molecule has 0 aromatic heterocycles. The molecule has 3 heteroatoms. The Morgan fingerprint density at radius 3 is 2.47 bits per heavy atom. The van der Waals surface area contributed by atoms with Crippen molar-refractivity contribution in [1.29, 1.82) is 5.26 Å². The van der Waals surface area contributed by atoms with Crippen LogP contribution in [-0.2, 0) is 0 Å². The summed E-state index contributed by atoms with van der Waals surface area (Å²) in [7, 11) is 1.62. The predicted octanol–water partition coefficient (Wildman–Crippen LogP) is 6.61. The molecule has 3 rings (SSSR count). The summed E-state index contributed by atoms with van der Waals surface area (Å²) in [6.07, 6.45) is 2.13. The molecule has 0 atom stereocenters. The van der Waals surface area contributed by atoms with Crippen LogP contribution in [0.1, 0.15) is 52.0 Å². The number of ether oxygens (including phenoxy) is 1. The van der Waals surface area contributed by atoms with Gasteiger partial charge in [0, 0.05) is 11.1 Å². The van der Waals surface area contributed by atoms with Gasteiger partial charge in [-0.1, -0.05) is 48.5 Å². The number of ketones is 1. The molecule has 0 fully saturated rings. The number of nitriles is 1. The first-order valence-electron chi connectivity index (χ1n) is 9.84. The number of carbonyl (C=O) groups is 1. The number of methoxy groups -OCH3 is 1. The number of Topliss-reactive ketones (excluding diaryl/α,β-unsaturated/α-hetero) is 1. The van der Waals surface area contributed by atoms with Gasteiger partial charge in [-0.25, -0.2) is 0 Å². The third-order valence-corrected chi connectivity index (χ3v) is 5.45. The van der Waals surface area contributed by atoms with Crippen LogP contribution in [0.15, 0.2) is 54.6 Å². The highest BCUT2D eigenvalue weighted by Crippen LogP contribution is 2.32. The zero-order valence-corrected chi connectivity index (χ0v) is 18.0. The fourth-order valence-electron chi connectivity index (χ4n) is 3.58. The number of aryl methyl sites for hydroxylation is 1. The molecule has 0 saturated carbocycles. The normalized spacial score (nSPS) is 11.1. The molecule has 30 heavy (non-hydrogen) atoms. The van der Waals surface area contributed by atoms with Crippen LogP contribution >= 0.6 is 0 Å². The highest BCUT2D eigenvalue weighted by molar-refractivity contribution is 5.95. The fraction of sp³-hybridized carbons (Fsp3) is 0.185. The number of benzene rings is 3. The lowest BCUT2D eigenvalue weighted by Gasteiger charge is -2.13. The van der Waals surface area contributed by atoms with Crippen LogP contribution in [0, 0.1) is 25.2 Å². The largest absolute Gasteiger partial charge is 0.496 e. The number of nitrogens with zero attached hydrogens (tertiary/aromatic N) is 1. The molecule has 0 N–H and O–H groups in total. The van der Waals surface area contributed by atoms with Crippen LogP contribution in [0.3, 0.4) is 0 Å². The van der Waals surface area contributed by atoms with Crippen LogP contribution in [-0.4, -0.2) is 12.9 Å². The Bertz CT molecular complexity index is 1200. The number of carbonyl (C=O) groups excluding carboxylic acids is 1. The number of allylic oxidation sites excluding steroid dienone is 1. The van der Waals surface area contributed by atoms with E-state index in [1.54, 1.807) is 20.1 Å². The summed E-state index contributed by atoms with van der Waals surface area (Å²) in [5.74, 6) is 0.697. The quantitative estimate of drug-likeness (QED) is 0.360. The van der Waals surface area contributed by atoms with Crippen molar-refractivity contribution in [3.8, 4) is 22.9 Å². The van der Waals surface area contributed by atoms with E-state index in [0.717, 1.165) is 39.0 Å². The van der Waals surface area contributed by atoms with E-state index < -0.39 is 0 Å². The van der Waals surface area contributed by atoms with Gasteiger partial charge in [0.05, 0.1) is 18.7 Å². The minimum atomic E-state index is 0.0138. The molecular formula is C27H25NO2. The Morgan fingerprint density at radius 2 is 1.80 bits per heavy atom. The maximum atomic E-state index is 11.7. The van der Waals surface area contributed by atoms with Crippen molar-refractivity contribution < 1.29 is 9.53 Å². The third-order valence-electron chi connectivity index (χ3n) is 5.45. The van der Waals surface area contributed by atoms with Crippen LogP contribution < -0.4 is 4.74 Å². The number of hydrogen-bond acceptors (Lipinski definition) is 3. The van der Waals surface area contributed by atoms with Crippen molar-refractivity contribution in [3.63, 3.8) is 0 Å². The van der Waals surface area contributed by atoms with Crippen molar-refractivity contribution in [2.45, 2.75) is 27.7 Å². The Balaban J connectivity index is 2.06. The van der Waals surface area contributed by atoms with Gasteiger partial charge in [-0.2, -0.15) is 5.26 Å². The summed E-state index contributed by atoms with van der Waals surface area (Å²) >= 11 is 0. The van der Waals surface area contributed by atoms with Crippen LogP contribution in [0.5, 0.6) is 5.75 Å². The highest BCUT2D eigenvalue weighted by Gasteiger charge is 2.11. The molecule has 0 spiro atoms. The first-order chi connectivity index (χ1) is 14.3. The fourth-order valence-corrected chi connectivity index (χ4v) is 3.58. The molecule has 0 saturated heterocycles. The van der Waals surface area contributed by atoms with Crippen molar-refractivity contribution >= 4 is 17.4 Å². The van der Waals surface area contributed by atoms with E-state index in [2.05, 4.69) is 37.3 Å². The monoisotopic (exact) mass is 395 g/mol. The zero-order valence-electron chi connectivity index (χ0n) is 18.0. The summed E-state index contributed by atoms with van der Waals surface area (Å²) in [6, 6.07) is 20.0. The van der Waals surface area contributed by atoms with Crippen LogP contribution in [0.25, 0.3) is 22.8 Å². The molecule has 0 radical (unpaired) electrons. The van der Waals surface area contributed by atoms with Gasteiger partial charge in [0.2, 0.25) is 0 Å². The van der Waals surface area contributed by atoms with Crippen molar-refractivity contribution in [1.82, 2.24) is 0 Å². The molecule has 3 aromatic carbocycles. The van der Waals surface area contributed by atoms with Crippen molar-refractivity contribution in [2.24, 2.45) is 0 Å². The van der Waals surface area contributed by atoms with Gasteiger partial charge in [-0.3, -0.25) is 4.79 Å². The van der Waals surface area contributed by atoms with Gasteiger partial charge in [0.25, 0.3) is 0 Å². The zero-order chi connectivity index (χ0) is 21.8. The lowest BCUT2D eigenvalue weighted by atomic mass is 9.92. The predicted molar refractivity (Wildman–Crippen MR) is 123 cm³/mol. The highest BCUT2D eigenvalue weighted by atomic mass is 16.5. The van der Waals surface area contributed by atoms with Crippen LogP contribution in [0.4, 0.5) is 0 Å². The average Bonchev–Trinajstić information content (AvgIpc) is 2.75. The lowest BCUT2D eigenvalue weighted by molar-refractivity contribution is 0.101. The molecule has 0 heterocycles. The second kappa shape index (κ2) is 8.80. The summed E-state index contributed by atoms with van der Waals surface area (Å²) in [5.41, 5.74) is 8.68. The number of hydrogen-bond donors (Lipinski definition) is 0. The summed E-state index contributed by atoms with van der Waals surface area (Å²) in [5, 5.41) is 9.37. The standard InChI is InChI=1S/C27H25NO2/c1-17-9-10-23(14-24(17)16-28)26-8-6-7-21(19(26)3)13-18(2)25-12-11-22(20(4)29)15-27(25)30-5/h6-15H,1-5H3/b18-13+. The molecule has 0 aliphatic carbocycles. The SMILES string of the molecule is COc1cc(C(C)=O)ccc1/C(C)=C/c1cccc(-c2ccc(C)c(C#N)c2)c1C. The first kappa shape index (κ1) is 21.1. The van der Waals surface area contributed by atoms with Gasteiger partial charge in [-0.15, -0.1) is 0 Å². The van der Waals surface area contributed by atoms with E-state index in [1.807, 2.05) is 44.2 Å². The van der Waals surface area contributed by atoms with Gasteiger partial charge >= 0.3 is 0 Å². The topological polar surface area (TPSA) is 50.1 Å². The van der Waals surface area contributed by atoms with Gasteiger partial charge in [0.15, 0.2) is 5.78 Å². The van der Waals surface area contributed by atoms with E-state index >= 15 is 0 Å². The van der Waals surface area contributed by atoms with Gasteiger partial charge < -0.3 is 4.74 Å². The molecule has 150 valence electrons. The molecule has 0 amide bonds. The molecular weight excluding hydrogens is 370 g/mol. The number of rotatable bonds is 5. The molecule has 0 aliphatic heterocycles. The Kier molecular flexibility index (Phi) is 6.18. The summed E-state index contributed by atoms with van der Waals surface area (Å²) in [4.78, 5) is 11.7. The first-order valence-corrected chi connectivity index (χ1v) is 9.84. The second-order valence-corrected chi connectivity index (χ2v) is 7.46. The Hall–Kier alpha value is -3.64. The summed E-state index contributed by atoms with van der Waals surface area (Å²) in [6.45, 7) is 7.63. The van der Waals surface area contributed by atoms with Crippen molar-refractivity contribution in [3.05, 3.63) is 88.0 Å². The van der Waals surface area contributed by atoms with E-state index in [-0.39, 0.29) is 5.78 Å². The second-order valence-electron chi connectivity index (χ2n) is 7.46. The minimum absolute atomic E-state index is 0.0138. The van der Waals surface area contributed by atoms with Crippen LogP contribution in [0.2, 0.25) is 0 Å². The van der Waals surface area contributed by atoms with Gasteiger partial charge in [0.1, 0.15) is 5.75 Å². The maximum Gasteiger partial charge on any atom is 0.159 e. The van der Waals surface area contributed by atoms with E-state index in [1.165, 1.54) is 0 Å². The maximum absolute atomic E-state index is 11.7. The lowest BCUT2D eigenvalue weighted by Crippen LogP contribution is -1.96. The van der Waals surface area contributed by atoms with Crippen molar-refractivity contribution in [2.75, 3.05) is 7.11 Å². The minimum Gasteiger partial charge on any atom is -0.496 e. The molecule has 0 unspecified atom stereocenters. The van der Waals surface area contributed by atoms with E-state index in [0.29, 0.717) is 16.9 Å². The Morgan fingerprint density at radius 1 is 1.03 bits per heavy atom. The average molecular weight is 396 g/mol.